The number of nitrogens with two attached hydrogens (primary N) is 1. The molecule has 3 atom stereocenters. The summed E-state index contributed by atoms with van der Waals surface area (Å²) >= 11 is 4.38. The second-order valence-corrected chi connectivity index (χ2v) is 7.78. The average molecular weight is 411 g/mol. The number of phenolic OH excluding ortho intramolecular Hbond substituents is 1. The monoisotopic (exact) mass is 410 g/mol. The zero-order valence-electron chi connectivity index (χ0n) is 16.4. The number of carbonyl (C=O) groups is 3. The Balaban J connectivity index is 3.06. The third kappa shape index (κ3) is 7.07. The fourth-order valence-corrected chi connectivity index (χ4v) is 3.38. The van der Waals surface area contributed by atoms with Gasteiger partial charge in [0, 0.05) is 11.7 Å². The largest absolute Gasteiger partial charge is 0.508 e. The Morgan fingerprint density at radius 1 is 1.14 bits per heavy atom. The molecule has 0 saturated carbocycles. The van der Waals surface area contributed by atoms with Crippen LogP contribution in [0.3, 0.4) is 0 Å². The Labute approximate surface area is 171 Å². The van der Waals surface area contributed by atoms with Gasteiger partial charge in [0.2, 0.25) is 5.91 Å². The van der Waals surface area contributed by atoms with Crippen LogP contribution in [-0.2, 0) is 16.0 Å². The predicted molar refractivity (Wildman–Crippen MR) is 110 cm³/mol. The van der Waals surface area contributed by atoms with Crippen LogP contribution < -0.4 is 5.73 Å². The lowest BCUT2D eigenvalue weighted by molar-refractivity contribution is -0.149. The molecule has 1 rings (SSSR count). The first-order valence-corrected chi connectivity index (χ1v) is 10.0. The van der Waals surface area contributed by atoms with Crippen LogP contribution in [0, 0.1) is 5.92 Å². The standard InChI is InChI=1S/C20H30N2O5S/c1-3-4-5-6-7-16(13(2)28)18(24)22(20(21)27)17(19(25)26)12-14-8-10-15(23)11-9-14/h8-11,13,16-17,23,28H,3-7,12H2,1-2H3,(H2,21,27)(H,25,26)/t13?,16?,17-/m0/s1. The number of imide groups is 1. The third-order valence-electron chi connectivity index (χ3n) is 4.71. The smallest absolute Gasteiger partial charge is 0.327 e. The molecule has 2 unspecified atom stereocenters. The van der Waals surface area contributed by atoms with Crippen molar-refractivity contribution in [3.8, 4) is 5.75 Å². The maximum atomic E-state index is 13.1. The van der Waals surface area contributed by atoms with Gasteiger partial charge in [0.15, 0.2) is 0 Å². The minimum atomic E-state index is -1.43. The number of urea groups is 1. The van der Waals surface area contributed by atoms with E-state index in [0.29, 0.717) is 16.9 Å². The fraction of sp³-hybridized carbons (Fsp3) is 0.550. The Kier molecular flexibility index (Phi) is 9.85. The molecule has 8 heteroatoms. The Morgan fingerprint density at radius 3 is 2.21 bits per heavy atom. The zero-order chi connectivity index (χ0) is 21.3. The fourth-order valence-electron chi connectivity index (χ4n) is 3.10. The van der Waals surface area contributed by atoms with Gasteiger partial charge in [0.25, 0.3) is 0 Å². The lowest BCUT2D eigenvalue weighted by atomic mass is 9.94. The summed E-state index contributed by atoms with van der Waals surface area (Å²) in [5.74, 6) is -2.50. The number of aromatic hydroxyl groups is 1. The van der Waals surface area contributed by atoms with E-state index in [1.54, 1.807) is 19.1 Å². The minimum Gasteiger partial charge on any atom is -0.508 e. The number of aliphatic carboxylic acids is 1. The second-order valence-electron chi connectivity index (χ2n) is 6.97. The summed E-state index contributed by atoms with van der Waals surface area (Å²) in [4.78, 5) is 37.6. The number of carboxylic acid groups (broad SMARTS) is 1. The molecule has 0 bridgehead atoms. The molecule has 4 N–H and O–H groups in total. The van der Waals surface area contributed by atoms with E-state index in [2.05, 4.69) is 19.6 Å². The number of hydrogen-bond acceptors (Lipinski definition) is 5. The molecule has 0 spiro atoms. The van der Waals surface area contributed by atoms with Gasteiger partial charge in [-0.05, 0) is 24.1 Å². The maximum absolute atomic E-state index is 13.1. The molecule has 0 aliphatic rings. The van der Waals surface area contributed by atoms with Crippen LogP contribution >= 0.6 is 12.6 Å². The van der Waals surface area contributed by atoms with Gasteiger partial charge >= 0.3 is 12.0 Å². The molecule has 1 aromatic carbocycles. The number of benzene rings is 1. The molecule has 0 aliphatic carbocycles. The number of rotatable bonds is 11. The van der Waals surface area contributed by atoms with Crippen LogP contribution in [0.15, 0.2) is 24.3 Å². The molecule has 0 heterocycles. The minimum absolute atomic E-state index is 0.0366. The summed E-state index contributed by atoms with van der Waals surface area (Å²) in [7, 11) is 0. The first-order valence-electron chi connectivity index (χ1n) is 9.50. The van der Waals surface area contributed by atoms with Crippen molar-refractivity contribution < 1.29 is 24.6 Å². The van der Waals surface area contributed by atoms with Gasteiger partial charge in [-0.1, -0.05) is 51.7 Å². The molecule has 0 aliphatic heterocycles. The lowest BCUT2D eigenvalue weighted by Gasteiger charge is -2.30. The highest BCUT2D eigenvalue weighted by molar-refractivity contribution is 7.81. The van der Waals surface area contributed by atoms with Crippen molar-refractivity contribution in [1.82, 2.24) is 4.90 Å². The van der Waals surface area contributed by atoms with Crippen molar-refractivity contribution in [1.29, 1.82) is 0 Å². The summed E-state index contributed by atoms with van der Waals surface area (Å²) in [5, 5.41) is 18.7. The SMILES string of the molecule is CCCCCCC(C(=O)N(C(N)=O)[C@@H](Cc1ccc(O)cc1)C(=O)O)C(C)S. The number of carboxylic acids is 1. The third-order valence-corrected chi connectivity index (χ3v) is 5.07. The number of hydrogen-bond donors (Lipinski definition) is 4. The Bertz CT molecular complexity index is 663. The highest BCUT2D eigenvalue weighted by atomic mass is 32.1. The van der Waals surface area contributed by atoms with Crippen LogP contribution in [0.2, 0.25) is 0 Å². The average Bonchev–Trinajstić information content (AvgIpc) is 2.62. The van der Waals surface area contributed by atoms with Crippen molar-refractivity contribution in [3.63, 3.8) is 0 Å². The quantitative estimate of drug-likeness (QED) is 0.330. The Morgan fingerprint density at radius 2 is 1.75 bits per heavy atom. The summed E-state index contributed by atoms with van der Waals surface area (Å²) in [6, 6.07) is 3.38. The highest BCUT2D eigenvalue weighted by Gasteiger charge is 2.38. The van der Waals surface area contributed by atoms with E-state index in [0.717, 1.165) is 25.7 Å². The number of thiol groups is 1. The van der Waals surface area contributed by atoms with Crippen LogP contribution in [0.5, 0.6) is 5.75 Å². The van der Waals surface area contributed by atoms with Crippen molar-refractivity contribution in [2.24, 2.45) is 11.7 Å². The molecule has 3 amide bonds. The number of unbranched alkanes of at least 4 members (excludes halogenated alkanes) is 3. The van der Waals surface area contributed by atoms with E-state index >= 15 is 0 Å². The van der Waals surface area contributed by atoms with E-state index in [1.807, 2.05) is 0 Å². The lowest BCUT2D eigenvalue weighted by Crippen LogP contribution is -2.54. The van der Waals surface area contributed by atoms with Crippen molar-refractivity contribution in [2.75, 3.05) is 0 Å². The number of amides is 3. The number of phenols is 1. The van der Waals surface area contributed by atoms with Gasteiger partial charge in [0.1, 0.15) is 11.8 Å². The molecular weight excluding hydrogens is 380 g/mol. The van der Waals surface area contributed by atoms with E-state index in [1.165, 1.54) is 12.1 Å². The van der Waals surface area contributed by atoms with Crippen LogP contribution in [0.1, 0.15) is 51.5 Å². The molecule has 0 radical (unpaired) electrons. The number of nitrogens with zero attached hydrogens (tertiary/aromatic N) is 1. The summed E-state index contributed by atoms with van der Waals surface area (Å²) in [6.07, 6.45) is 4.24. The highest BCUT2D eigenvalue weighted by Crippen LogP contribution is 2.23. The number of primary amides is 1. The van der Waals surface area contributed by atoms with Gasteiger partial charge in [-0.3, -0.25) is 4.79 Å². The molecule has 28 heavy (non-hydrogen) atoms. The van der Waals surface area contributed by atoms with Crippen molar-refractivity contribution in [2.45, 2.75) is 63.7 Å². The van der Waals surface area contributed by atoms with E-state index in [9.17, 15) is 24.6 Å². The van der Waals surface area contributed by atoms with E-state index in [-0.39, 0.29) is 17.4 Å². The first-order chi connectivity index (χ1) is 13.2. The normalized spacial score (nSPS) is 14.1. The summed E-state index contributed by atoms with van der Waals surface area (Å²) < 4.78 is 0. The molecule has 156 valence electrons. The van der Waals surface area contributed by atoms with E-state index < -0.39 is 29.9 Å². The van der Waals surface area contributed by atoms with E-state index in [4.69, 9.17) is 5.73 Å². The van der Waals surface area contributed by atoms with Gasteiger partial charge in [-0.25, -0.2) is 14.5 Å². The van der Waals surface area contributed by atoms with Crippen molar-refractivity contribution in [3.05, 3.63) is 29.8 Å². The predicted octanol–water partition coefficient (Wildman–Crippen LogP) is 3.20. The van der Waals surface area contributed by atoms with Gasteiger partial charge in [0.05, 0.1) is 5.92 Å². The van der Waals surface area contributed by atoms with Gasteiger partial charge in [-0.15, -0.1) is 0 Å². The van der Waals surface area contributed by atoms with Crippen LogP contribution in [0.25, 0.3) is 0 Å². The topological polar surface area (TPSA) is 121 Å². The molecular formula is C20H30N2O5S. The van der Waals surface area contributed by atoms with Crippen LogP contribution in [-0.4, -0.2) is 44.3 Å². The second kappa shape index (κ2) is 11.6. The Hall–Kier alpha value is -2.22. The molecule has 1 aromatic rings. The first kappa shape index (κ1) is 23.8. The number of carbonyl (C=O) groups excluding carboxylic acids is 2. The van der Waals surface area contributed by atoms with Crippen molar-refractivity contribution >= 4 is 30.5 Å². The van der Waals surface area contributed by atoms with Gasteiger partial charge in [-0.2, -0.15) is 12.6 Å². The van der Waals surface area contributed by atoms with Crippen LogP contribution in [0.4, 0.5) is 4.79 Å². The molecule has 0 aromatic heterocycles. The maximum Gasteiger partial charge on any atom is 0.327 e. The zero-order valence-corrected chi connectivity index (χ0v) is 17.3. The summed E-state index contributed by atoms with van der Waals surface area (Å²) in [6.45, 7) is 3.83. The summed E-state index contributed by atoms with van der Waals surface area (Å²) in [5.41, 5.74) is 5.96. The molecule has 0 fully saturated rings. The molecule has 7 nitrogen and oxygen atoms in total. The molecule has 0 saturated heterocycles. The van der Waals surface area contributed by atoms with Gasteiger partial charge < -0.3 is 15.9 Å².